The Labute approximate surface area is 108 Å². The molecule has 18 heavy (non-hydrogen) atoms. The second-order valence-electron chi connectivity index (χ2n) is 5.62. The van der Waals surface area contributed by atoms with Gasteiger partial charge in [-0.1, -0.05) is 0 Å². The molecule has 1 N–H and O–H groups in total. The van der Waals surface area contributed by atoms with Crippen LogP contribution in [0.5, 0.6) is 0 Å². The summed E-state index contributed by atoms with van der Waals surface area (Å²) in [6.45, 7) is 7.62. The summed E-state index contributed by atoms with van der Waals surface area (Å²) in [5.74, 6) is -0.653. The Morgan fingerprint density at radius 1 is 1.33 bits per heavy atom. The summed E-state index contributed by atoms with van der Waals surface area (Å²) in [4.78, 5) is 23.5. The maximum Gasteiger partial charge on any atom is 0.328 e. The minimum absolute atomic E-state index is 0.229. The van der Waals surface area contributed by atoms with Crippen LogP contribution in [0.2, 0.25) is 0 Å². The predicted molar refractivity (Wildman–Crippen MR) is 67.0 cm³/mol. The molecule has 1 amide bonds. The first-order valence-corrected chi connectivity index (χ1v) is 6.44. The van der Waals surface area contributed by atoms with E-state index in [1.165, 1.54) is 0 Å². The molecule has 0 bridgehead atoms. The minimum atomic E-state index is -0.651. The molecule has 5 heteroatoms. The van der Waals surface area contributed by atoms with Crippen molar-refractivity contribution in [3.05, 3.63) is 0 Å². The van der Waals surface area contributed by atoms with E-state index in [4.69, 9.17) is 9.47 Å². The average Bonchev–Trinajstić information content (AvgIpc) is 2.27. The van der Waals surface area contributed by atoms with Crippen LogP contribution in [0.3, 0.4) is 0 Å². The zero-order chi connectivity index (χ0) is 13.8. The molecule has 1 fully saturated rings. The largest absolute Gasteiger partial charge is 0.458 e. The number of hydrogen-bond donors (Lipinski definition) is 1. The van der Waals surface area contributed by atoms with Crippen LogP contribution in [0.25, 0.3) is 0 Å². The van der Waals surface area contributed by atoms with Crippen molar-refractivity contribution in [1.82, 2.24) is 5.32 Å². The summed E-state index contributed by atoms with van der Waals surface area (Å²) in [6, 6.07) is -0.651. The van der Waals surface area contributed by atoms with Crippen molar-refractivity contribution in [2.75, 3.05) is 6.61 Å². The quantitative estimate of drug-likeness (QED) is 0.776. The lowest BCUT2D eigenvalue weighted by Crippen LogP contribution is -2.47. The highest BCUT2D eigenvalue weighted by Gasteiger charge is 2.27. The molecule has 2 atom stereocenters. The summed E-state index contributed by atoms with van der Waals surface area (Å²) in [6.07, 6.45) is 2.26. The molecule has 1 saturated heterocycles. The maximum atomic E-state index is 11.8. The van der Waals surface area contributed by atoms with Crippen molar-refractivity contribution < 1.29 is 19.1 Å². The van der Waals surface area contributed by atoms with Gasteiger partial charge >= 0.3 is 5.97 Å². The minimum Gasteiger partial charge on any atom is -0.458 e. The Balaban J connectivity index is 2.41. The normalized spacial score (nSPS) is 22.1. The predicted octanol–water partition coefficient (Wildman–Crippen LogP) is 1.40. The second kappa shape index (κ2) is 6.18. The van der Waals surface area contributed by atoms with Crippen molar-refractivity contribution in [2.24, 2.45) is 0 Å². The molecule has 0 spiro atoms. The van der Waals surface area contributed by atoms with Crippen molar-refractivity contribution in [3.63, 3.8) is 0 Å². The van der Waals surface area contributed by atoms with Gasteiger partial charge in [-0.2, -0.15) is 0 Å². The molecule has 0 aromatic rings. The van der Waals surface area contributed by atoms with E-state index >= 15 is 0 Å². The third-order valence-corrected chi connectivity index (χ3v) is 2.59. The fourth-order valence-corrected chi connectivity index (χ4v) is 1.70. The molecule has 1 unspecified atom stereocenters. The first kappa shape index (κ1) is 15.0. The summed E-state index contributed by atoms with van der Waals surface area (Å²) in [5, 5.41) is 2.63. The number of rotatable bonds is 3. The van der Waals surface area contributed by atoms with E-state index in [-0.39, 0.29) is 5.91 Å². The van der Waals surface area contributed by atoms with E-state index in [2.05, 4.69) is 5.32 Å². The van der Waals surface area contributed by atoms with Crippen LogP contribution in [-0.4, -0.2) is 36.2 Å². The highest BCUT2D eigenvalue weighted by Crippen LogP contribution is 2.13. The van der Waals surface area contributed by atoms with Crippen molar-refractivity contribution in [2.45, 2.75) is 64.7 Å². The molecule has 1 rings (SSSR count). The molecule has 1 aliphatic rings. The van der Waals surface area contributed by atoms with Crippen molar-refractivity contribution in [3.8, 4) is 0 Å². The molecule has 0 aliphatic carbocycles. The fraction of sp³-hybridized carbons (Fsp3) is 0.846. The number of esters is 1. The van der Waals surface area contributed by atoms with Crippen LogP contribution in [0, 0.1) is 0 Å². The van der Waals surface area contributed by atoms with Gasteiger partial charge in [-0.05, 0) is 47.0 Å². The molecule has 0 aromatic heterocycles. The van der Waals surface area contributed by atoms with E-state index in [1.807, 2.05) is 0 Å². The number of carbonyl (C=O) groups excluding carboxylic acids is 2. The monoisotopic (exact) mass is 257 g/mol. The smallest absolute Gasteiger partial charge is 0.328 e. The van der Waals surface area contributed by atoms with Gasteiger partial charge in [-0.15, -0.1) is 0 Å². The maximum absolute atomic E-state index is 11.8. The molecule has 0 saturated carbocycles. The van der Waals surface area contributed by atoms with E-state index in [0.29, 0.717) is 13.0 Å². The zero-order valence-corrected chi connectivity index (χ0v) is 11.6. The molecular weight excluding hydrogens is 234 g/mol. The number of amides is 1. The number of nitrogens with one attached hydrogen (secondary N) is 1. The fourth-order valence-electron chi connectivity index (χ4n) is 1.70. The Kier molecular flexibility index (Phi) is 5.14. The second-order valence-corrected chi connectivity index (χ2v) is 5.62. The molecule has 1 heterocycles. The lowest BCUT2D eigenvalue weighted by Gasteiger charge is -2.25. The first-order valence-electron chi connectivity index (χ1n) is 6.44. The summed E-state index contributed by atoms with van der Waals surface area (Å²) in [5.41, 5.74) is -0.544. The SMILES string of the molecule is C[C@H](NC(=O)C1CCCCO1)C(=O)OC(C)(C)C. The average molecular weight is 257 g/mol. The molecule has 0 aromatic carbocycles. The number of ether oxygens (including phenoxy) is 2. The van der Waals surface area contributed by atoms with E-state index < -0.39 is 23.7 Å². The van der Waals surface area contributed by atoms with Gasteiger partial charge in [0.15, 0.2) is 0 Å². The van der Waals surface area contributed by atoms with Crippen LogP contribution in [0.1, 0.15) is 47.0 Å². The topological polar surface area (TPSA) is 64.6 Å². The van der Waals surface area contributed by atoms with Crippen LogP contribution >= 0.6 is 0 Å². The zero-order valence-electron chi connectivity index (χ0n) is 11.6. The first-order chi connectivity index (χ1) is 8.29. The molecule has 104 valence electrons. The van der Waals surface area contributed by atoms with Crippen LogP contribution in [0.15, 0.2) is 0 Å². The van der Waals surface area contributed by atoms with Gasteiger partial charge in [0.05, 0.1) is 0 Å². The van der Waals surface area contributed by atoms with Gasteiger partial charge in [0.25, 0.3) is 0 Å². The van der Waals surface area contributed by atoms with Crippen LogP contribution < -0.4 is 5.32 Å². The third-order valence-electron chi connectivity index (χ3n) is 2.59. The van der Waals surface area contributed by atoms with E-state index in [1.54, 1.807) is 27.7 Å². The highest BCUT2D eigenvalue weighted by atomic mass is 16.6. The van der Waals surface area contributed by atoms with Gasteiger partial charge in [-0.3, -0.25) is 4.79 Å². The lowest BCUT2D eigenvalue weighted by molar-refractivity contribution is -0.159. The third kappa shape index (κ3) is 5.04. The van der Waals surface area contributed by atoms with Gasteiger partial charge < -0.3 is 14.8 Å². The van der Waals surface area contributed by atoms with Gasteiger partial charge in [-0.25, -0.2) is 4.79 Å². The standard InChI is InChI=1S/C13H23NO4/c1-9(12(16)18-13(2,3)4)14-11(15)10-7-5-6-8-17-10/h9-10H,5-8H2,1-4H3,(H,14,15)/t9-,10?/m0/s1. The summed E-state index contributed by atoms with van der Waals surface area (Å²) in [7, 11) is 0. The highest BCUT2D eigenvalue weighted by molar-refractivity contribution is 5.86. The Bertz CT molecular complexity index is 303. The summed E-state index contributed by atoms with van der Waals surface area (Å²) < 4.78 is 10.6. The Hall–Kier alpha value is -1.10. The Morgan fingerprint density at radius 2 is 2.00 bits per heavy atom. The molecule has 0 radical (unpaired) electrons. The van der Waals surface area contributed by atoms with Gasteiger partial charge in [0.1, 0.15) is 17.7 Å². The Morgan fingerprint density at radius 3 is 2.50 bits per heavy atom. The van der Waals surface area contributed by atoms with Gasteiger partial charge in [0.2, 0.25) is 5.91 Å². The van der Waals surface area contributed by atoms with Crippen LogP contribution in [0.4, 0.5) is 0 Å². The summed E-state index contributed by atoms with van der Waals surface area (Å²) >= 11 is 0. The number of carbonyl (C=O) groups is 2. The van der Waals surface area contributed by atoms with Gasteiger partial charge in [0, 0.05) is 6.61 Å². The van der Waals surface area contributed by atoms with E-state index in [0.717, 1.165) is 12.8 Å². The van der Waals surface area contributed by atoms with Crippen molar-refractivity contribution in [1.29, 1.82) is 0 Å². The molecule has 1 aliphatic heterocycles. The van der Waals surface area contributed by atoms with Crippen LogP contribution in [-0.2, 0) is 19.1 Å². The molecule has 5 nitrogen and oxygen atoms in total. The molecular formula is C13H23NO4. The van der Waals surface area contributed by atoms with Crippen molar-refractivity contribution >= 4 is 11.9 Å². The lowest BCUT2D eigenvalue weighted by atomic mass is 10.1. The number of hydrogen-bond acceptors (Lipinski definition) is 4. The van der Waals surface area contributed by atoms with E-state index in [9.17, 15) is 9.59 Å².